The first-order valence-corrected chi connectivity index (χ1v) is 61.6. The summed E-state index contributed by atoms with van der Waals surface area (Å²) in [7, 11) is -2.34. The number of fused-ring (bicyclic) bond motifs is 4. The lowest BCUT2D eigenvalue weighted by atomic mass is 9.53. The van der Waals surface area contributed by atoms with Crippen molar-refractivity contribution in [3.8, 4) is 0 Å². The van der Waals surface area contributed by atoms with Gasteiger partial charge in [0.25, 0.3) is 33.3 Å². The lowest BCUT2D eigenvalue weighted by Gasteiger charge is -2.54. The highest BCUT2D eigenvalue weighted by Gasteiger charge is 2.59. The van der Waals surface area contributed by atoms with Gasteiger partial charge in [-0.1, -0.05) is 457 Å². The van der Waals surface area contributed by atoms with Crippen molar-refractivity contribution in [1.82, 2.24) is 0 Å². The molecule has 15 heteroatoms. The third kappa shape index (κ3) is 23.8. The summed E-state index contributed by atoms with van der Waals surface area (Å²) >= 11 is 0. The maximum Gasteiger partial charge on any atom is 0.261 e. The van der Waals surface area contributed by atoms with E-state index in [9.17, 15) is 20.4 Å². The number of hydrogen-bond donors (Lipinski definition) is 4. The summed E-state index contributed by atoms with van der Waals surface area (Å²) in [5.74, 6) is 14.5. The molecule has 0 bridgehead atoms. The fourth-order valence-electron chi connectivity index (χ4n) is 29.8. The zero-order valence-corrected chi connectivity index (χ0v) is 94.1. The van der Waals surface area contributed by atoms with E-state index >= 15 is 0 Å². The van der Waals surface area contributed by atoms with E-state index in [-0.39, 0.29) is 66.8 Å². The molecule has 8 aromatic rings. The van der Waals surface area contributed by atoms with E-state index in [1.807, 2.05) is 0 Å². The van der Waals surface area contributed by atoms with Crippen LogP contribution in [0.5, 0.6) is 0 Å². The van der Waals surface area contributed by atoms with Crippen LogP contribution in [0.2, 0.25) is 20.2 Å². The molecule has 0 unspecified atom stereocenters. The molecule has 0 amide bonds. The Hall–Kier alpha value is -6.02. The molecule has 139 heavy (non-hydrogen) atoms. The topological polar surface area (TPSA) is 118 Å². The summed E-state index contributed by atoms with van der Waals surface area (Å²) in [4.78, 5) is 0. The number of allylic oxidation sites excluding steroid dienone is 2. The van der Waals surface area contributed by atoms with Gasteiger partial charge >= 0.3 is 0 Å². The molecule has 0 aliphatic heterocycles. The lowest BCUT2D eigenvalue weighted by molar-refractivity contribution is -0.0725. The van der Waals surface area contributed by atoms with E-state index in [4.69, 9.17) is 17.7 Å². The average molecular weight is 1940 g/mol. The van der Waals surface area contributed by atoms with E-state index in [0.29, 0.717) is 132 Å². The smallest absolute Gasteiger partial charge is 0.261 e. The van der Waals surface area contributed by atoms with Crippen molar-refractivity contribution in [3.63, 3.8) is 0 Å². The van der Waals surface area contributed by atoms with Crippen LogP contribution in [0.15, 0.2) is 266 Å². The Balaban J connectivity index is 0.000000176. The summed E-state index contributed by atoms with van der Waals surface area (Å²) in [6.45, 7) is 61.0. The molecule has 7 radical (unpaired) electrons. The van der Waals surface area contributed by atoms with Crippen LogP contribution in [0, 0.1) is 154 Å². The molecule has 0 aromatic heterocycles. The quantitative estimate of drug-likeness (QED) is 0.0349. The second-order valence-electron chi connectivity index (χ2n) is 49.0. The third-order valence-electron chi connectivity index (χ3n) is 37.0. The second kappa shape index (κ2) is 49.5. The molecule has 0 spiro atoms. The molecule has 8 nitrogen and oxygen atoms in total. The first-order chi connectivity index (χ1) is 65.8. The van der Waals surface area contributed by atoms with Crippen LogP contribution in [0.1, 0.15) is 230 Å². The highest BCUT2D eigenvalue weighted by molar-refractivity contribution is 7.01. The van der Waals surface area contributed by atoms with Crippen LogP contribution in [0.3, 0.4) is 0 Å². The monoisotopic (exact) mass is 1940 g/mol. The molecule has 16 rings (SSSR count). The Morgan fingerprint density at radius 2 is 0.439 bits per heavy atom. The molecule has 8 aliphatic carbocycles. The molecule has 0 heterocycles. The maximum absolute atomic E-state index is 10.6. The van der Waals surface area contributed by atoms with E-state index in [1.165, 1.54) is 117 Å². The molecule has 6 saturated carbocycles. The Labute approximate surface area is 853 Å². The summed E-state index contributed by atoms with van der Waals surface area (Å²) in [5.41, 5.74) is 2.72. The van der Waals surface area contributed by atoms with Gasteiger partial charge in [-0.05, 0) is 243 Å². The molecule has 8 aromatic carbocycles. The first kappa shape index (κ1) is 113. The van der Waals surface area contributed by atoms with Gasteiger partial charge in [0.1, 0.15) is 0 Å². The Morgan fingerprint density at radius 1 is 0.252 bits per heavy atom. The zero-order chi connectivity index (χ0) is 100. The van der Waals surface area contributed by atoms with E-state index in [0.717, 1.165) is 36.9 Å². The van der Waals surface area contributed by atoms with Crippen LogP contribution < -0.4 is 41.5 Å². The van der Waals surface area contributed by atoms with Crippen molar-refractivity contribution >= 4 is 98.7 Å². The molecular weight excluding hydrogens is 1760 g/mol. The van der Waals surface area contributed by atoms with Crippen LogP contribution in [-0.4, -0.2) is 130 Å². The van der Waals surface area contributed by atoms with Crippen molar-refractivity contribution in [3.05, 3.63) is 266 Å². The Kier molecular flexibility index (Phi) is 40.3. The number of hydrogen-bond acceptors (Lipinski definition) is 8. The summed E-state index contributed by atoms with van der Waals surface area (Å²) < 4.78 is 29.7. The van der Waals surface area contributed by atoms with Gasteiger partial charge in [-0.2, -0.15) is 0 Å². The third-order valence-corrected chi connectivity index (χ3v) is 57.0. The number of benzene rings is 8. The van der Waals surface area contributed by atoms with Gasteiger partial charge in [-0.25, -0.2) is 0 Å². The van der Waals surface area contributed by atoms with Crippen LogP contribution in [0.25, 0.3) is 0 Å². The molecule has 26 atom stereocenters. The van der Waals surface area contributed by atoms with Crippen molar-refractivity contribution in [2.45, 2.75) is 251 Å². The predicted molar refractivity (Wildman–Crippen MR) is 601 cm³/mol. The molecule has 749 valence electrons. The van der Waals surface area contributed by atoms with E-state index in [2.05, 4.69) is 436 Å². The molecule has 0 saturated heterocycles. The zero-order valence-electron chi connectivity index (χ0n) is 90.1. The van der Waals surface area contributed by atoms with Crippen molar-refractivity contribution < 1.29 is 38.1 Å². The van der Waals surface area contributed by atoms with Gasteiger partial charge in [-0.3, -0.25) is 0 Å². The van der Waals surface area contributed by atoms with Gasteiger partial charge in [0.15, 0.2) is 0 Å². The minimum Gasteiger partial charge on any atom is -0.407 e. The fourth-order valence-corrected chi connectivity index (χ4v) is 48.2. The fraction of sp³-hybridized carbons (Fsp3) is 0.581. The molecular formula is C124H180B3O8Si4. The highest BCUT2D eigenvalue weighted by Crippen LogP contribution is 2.58. The Bertz CT molecular complexity index is 4540. The minimum absolute atomic E-state index is 0. The maximum atomic E-state index is 10.6. The number of aliphatic hydroxyl groups is 4. The lowest BCUT2D eigenvalue weighted by Crippen LogP contribution is -2.67. The molecule has 8 aliphatic rings. The highest BCUT2D eigenvalue weighted by atomic mass is 28.4. The van der Waals surface area contributed by atoms with Gasteiger partial charge in [0.2, 0.25) is 0 Å². The van der Waals surface area contributed by atoms with Gasteiger partial charge < -0.3 is 38.1 Å². The standard InChI is InChI=1S/2C31H46O2Si.2C31H44O2Si.B2.B/c4*1-22-17-18-23(2)30-27(22)19-24(3)28(20-32)29(30)21-33-34(31(4,5)6,25-13-9-7-10-14-25)26-15-11-8-12-16-26;1-2;/h2*7-16,22-24,27-30,32H,17-21H2,1-6H3;2*7-16,19,22-23,27-30,32H,17-18,20-21H2,1-6H3;;/t22-,23-,24+,27-,28+,29+,30+;22-,23-,24-,27-,28+,29+,30+;2*22-,23-,27-,28+,29+,30+;;/m0000../s1. The van der Waals surface area contributed by atoms with Crippen LogP contribution in [0.4, 0.5) is 0 Å². The number of aliphatic hydroxyl groups excluding tert-OH is 4. The SMILES string of the molecule is CC1=C[C@@H]2[C@H]([C@H](CO[Si](c3ccccc3)(c3ccccc3)C(C)(C)C)[C@@H]1CO)[C@@H](C)CC[C@@H]2C.CC1=C[C@@H]2[C@H]([C@H](CO[Si](c3ccccc3)(c3ccccc3)C(C)(C)C)[C@@H]1CO)[C@@H](C)CC[C@@H]2C.C[C@@H]1C[C@@H]2[C@H]([C@H](CO[Si](c3ccccc3)(c3ccccc3)C(C)(C)C)[C@@H]1CO)[C@@H](C)CC[C@@H]2C.C[C@H]1CC[C@H](C)[C@H]2[C@H](CO[Si](c3ccccc3)(c3ccccc3)C(C)(C)C)[C@H](CO)[C@@H](C)C[C@H]21.[B].[B][B]. The van der Waals surface area contributed by atoms with Crippen LogP contribution in [-0.2, 0) is 17.7 Å². The summed E-state index contributed by atoms with van der Waals surface area (Å²) in [6.07, 6.45) is 18.0. The van der Waals surface area contributed by atoms with Crippen molar-refractivity contribution in [2.75, 3.05) is 52.9 Å². The minimum atomic E-state index is -2.59. The Morgan fingerprint density at radius 3 is 0.633 bits per heavy atom. The van der Waals surface area contributed by atoms with Gasteiger partial charge in [-0.15, -0.1) is 0 Å². The molecule has 4 N–H and O–H groups in total. The molecule has 6 fully saturated rings. The van der Waals surface area contributed by atoms with Gasteiger partial charge in [0, 0.05) is 88.6 Å². The van der Waals surface area contributed by atoms with Crippen LogP contribution >= 0.6 is 0 Å². The second-order valence-corrected chi connectivity index (χ2v) is 66.2. The number of rotatable bonds is 24. The summed E-state index contributed by atoms with van der Waals surface area (Å²) in [6, 6.07) is 87.8. The normalized spacial score (nSPS) is 30.4. The van der Waals surface area contributed by atoms with E-state index < -0.39 is 33.3 Å². The van der Waals surface area contributed by atoms with Crippen molar-refractivity contribution in [1.29, 1.82) is 0 Å². The van der Waals surface area contributed by atoms with Gasteiger partial charge in [0.05, 0.1) is 0 Å². The summed E-state index contributed by atoms with van der Waals surface area (Å²) in [5, 5.41) is 52.7. The van der Waals surface area contributed by atoms with E-state index in [1.54, 1.807) is 0 Å². The predicted octanol–water partition coefficient (Wildman–Crippen LogP) is 23.2. The van der Waals surface area contributed by atoms with Crippen molar-refractivity contribution in [2.24, 2.45) is 154 Å². The largest absolute Gasteiger partial charge is 0.407 e. The first-order valence-electron chi connectivity index (χ1n) is 53.9. The average Bonchev–Trinajstić information content (AvgIpc) is 0.745.